The minimum Gasteiger partial charge on any atom is -0.508 e. The summed E-state index contributed by atoms with van der Waals surface area (Å²) in [6.45, 7) is 8.18. The molecule has 11 atom stereocenters. The molecule has 8 unspecified atom stereocenters. The van der Waals surface area contributed by atoms with Crippen molar-refractivity contribution in [2.75, 3.05) is 47.6 Å². The largest absolute Gasteiger partial charge is 0.508 e. The molecule has 0 radical (unpaired) electrons. The summed E-state index contributed by atoms with van der Waals surface area (Å²) in [5.74, 6) is -17.3. The number of carbonyl (C=O) groups excluding carboxylic acids is 13. The second-order valence-corrected chi connectivity index (χ2v) is 28.1. The lowest BCUT2D eigenvalue weighted by Gasteiger charge is -2.28. The first-order valence-electron chi connectivity index (χ1n) is 28.7. The molecule has 0 aromatic heterocycles. The number of nitrogens with two attached hydrogens (primary N) is 2. The van der Waals surface area contributed by atoms with Crippen LogP contribution in [-0.4, -0.2) is 218 Å². The van der Waals surface area contributed by atoms with Crippen LogP contribution >= 0.6 is 54.9 Å². The van der Waals surface area contributed by atoms with Crippen LogP contribution in [0.15, 0.2) is 24.3 Å². The average molecular weight is 1380 g/mol. The van der Waals surface area contributed by atoms with Gasteiger partial charge in [-0.1, -0.05) is 83.0 Å². The summed E-state index contributed by atoms with van der Waals surface area (Å²) in [6.07, 6.45) is -2.52. The van der Waals surface area contributed by atoms with Crippen molar-refractivity contribution in [3.63, 3.8) is 0 Å². The number of hydrogen-bond donors (Lipinski definition) is 17. The average Bonchev–Trinajstić information content (AvgIpc) is 1.67. The fraction of sp³-hybridized carbons (Fsp3) is 0.611. The molecule has 0 spiro atoms. The molecule has 13 amide bonds. The van der Waals surface area contributed by atoms with Crippen molar-refractivity contribution in [2.24, 2.45) is 23.3 Å². The zero-order chi connectivity index (χ0) is 68.1. The topological polar surface area (TPSA) is 513 Å². The normalized spacial score (nSPS) is 24.7. The van der Waals surface area contributed by atoms with E-state index in [0.717, 1.165) is 61.9 Å². The summed E-state index contributed by atoms with van der Waals surface area (Å²) in [5.41, 5.74) is 11.5. The van der Waals surface area contributed by atoms with Gasteiger partial charge in [-0.05, 0) is 61.5 Å². The SMILES string of the molecule is CC(=O)NC1CSSCC2NCCSSCC(C(=O)O)NC(=O)CNC(=O)C(Cc3ccc(O)cc3)NC(=O)C(CSCC[C@H](C(=O)NC(CCC(=O)O)C(=O)NC(CC(C)C)C(N)=O)NC1=O)NC(=O)[C@@H](C)NC(=O)C(C(C)C)NC(=O)[C@@H](CC(N)=O)NC2=O. The molecule has 2 aliphatic heterocycles. The standard InChI is InChI=1S/C54H82N14O18S5/c1-25(2)17-33(44(56)75)64-47(78)31(11-12-42(73)74)62-48(79)32-13-15-87-21-37-51(82)65-34(18-29-7-9-30(70)10-8-29)46(77)58-20-41(72)61-39(54(85)86)24-89-88-16-14-57-36(22-90-91-23-38(52(83)63-32)60-28(6)69)50(81)66-35(19-40(55)71)49(80)68-43(26(3)4)53(84)59-27(5)45(76)67-37/h7-10,25-27,31-39,43,57,70H,11-24H2,1-6H3,(H2,55,71)(H2,56,75)(H,58,77)(H,59,84)(H,60,69)(H,61,72)(H,62,79)(H,63,83)(H,64,78)(H,65,82)(H,66,81)(H,67,76)(H,68,80)(H,73,74)(H,85,86)/t27-,31?,32-,33?,34?,35-,36?,37?,38?,39?,43?/m1/s1. The molecule has 1 aromatic carbocycles. The molecular weight excluding hydrogens is 1290 g/mol. The van der Waals surface area contributed by atoms with Gasteiger partial charge < -0.3 is 90.6 Å². The van der Waals surface area contributed by atoms with E-state index in [1.54, 1.807) is 27.7 Å². The molecule has 2 bridgehead atoms. The number of carboxylic acids is 2. The van der Waals surface area contributed by atoms with Gasteiger partial charge in [0.25, 0.3) is 0 Å². The summed E-state index contributed by atoms with van der Waals surface area (Å²) in [4.78, 5) is 203. The highest BCUT2D eigenvalue weighted by molar-refractivity contribution is 8.77. The van der Waals surface area contributed by atoms with E-state index in [4.69, 9.17) is 11.5 Å². The number of thioether (sulfide) groups is 1. The second kappa shape index (κ2) is 39.9. The van der Waals surface area contributed by atoms with Crippen molar-refractivity contribution in [1.82, 2.24) is 63.8 Å². The van der Waals surface area contributed by atoms with E-state index in [9.17, 15) is 87.2 Å². The molecule has 1 aromatic rings. The Morgan fingerprint density at radius 2 is 1.31 bits per heavy atom. The molecule has 506 valence electrons. The van der Waals surface area contributed by atoms with Crippen LogP contribution in [0.5, 0.6) is 5.75 Å². The van der Waals surface area contributed by atoms with Crippen molar-refractivity contribution in [1.29, 1.82) is 0 Å². The van der Waals surface area contributed by atoms with Crippen LogP contribution in [0.25, 0.3) is 0 Å². The van der Waals surface area contributed by atoms with E-state index < -0.39 is 193 Å². The quantitative estimate of drug-likeness (QED) is 0.0520. The molecule has 19 N–H and O–H groups in total. The Kier molecular flexibility index (Phi) is 34.2. The first kappa shape index (κ1) is 78.0. The summed E-state index contributed by atoms with van der Waals surface area (Å²) in [5, 5.41) is 60.1. The van der Waals surface area contributed by atoms with Crippen molar-refractivity contribution < 1.29 is 87.2 Å². The van der Waals surface area contributed by atoms with Gasteiger partial charge in [0.05, 0.1) is 19.0 Å². The third-order valence-electron chi connectivity index (χ3n) is 13.3. The van der Waals surface area contributed by atoms with E-state index >= 15 is 0 Å². The highest BCUT2D eigenvalue weighted by atomic mass is 33.1. The summed E-state index contributed by atoms with van der Waals surface area (Å²) in [6, 6.07) is -11.0. The Bertz CT molecular complexity index is 2770. The number of aliphatic carboxylic acids is 2. The molecule has 2 saturated heterocycles. The lowest BCUT2D eigenvalue weighted by Crippen LogP contribution is -2.61. The van der Waals surface area contributed by atoms with Gasteiger partial charge in [-0.2, -0.15) is 11.8 Å². The first-order chi connectivity index (χ1) is 42.8. The van der Waals surface area contributed by atoms with E-state index in [-0.39, 0.29) is 66.2 Å². The Morgan fingerprint density at radius 3 is 1.92 bits per heavy atom. The Morgan fingerprint density at radius 1 is 0.659 bits per heavy atom. The fourth-order valence-electron chi connectivity index (χ4n) is 8.46. The second-order valence-electron chi connectivity index (χ2n) is 21.8. The number of phenols is 1. The number of phenolic OH excluding ortho intramolecular Hbond substituents is 1. The number of amides is 13. The van der Waals surface area contributed by atoms with Crippen LogP contribution in [0.4, 0.5) is 0 Å². The van der Waals surface area contributed by atoms with E-state index in [2.05, 4.69) is 63.8 Å². The molecule has 2 aliphatic rings. The maximum absolute atomic E-state index is 14.7. The van der Waals surface area contributed by atoms with Gasteiger partial charge in [0.1, 0.15) is 66.2 Å². The Balaban J connectivity index is 2.30. The van der Waals surface area contributed by atoms with Crippen molar-refractivity contribution in [3.8, 4) is 5.75 Å². The minimum atomic E-state index is -1.69. The molecule has 2 fully saturated rings. The zero-order valence-electron chi connectivity index (χ0n) is 50.9. The smallest absolute Gasteiger partial charge is 0.327 e. The fourth-order valence-corrected chi connectivity index (χ4v) is 13.9. The molecule has 3 rings (SSSR count). The summed E-state index contributed by atoms with van der Waals surface area (Å²) in [7, 11) is 4.14. The maximum atomic E-state index is 14.7. The summed E-state index contributed by atoms with van der Waals surface area (Å²) >= 11 is 0.897. The highest BCUT2D eigenvalue weighted by Crippen LogP contribution is 2.25. The molecule has 0 aliphatic carbocycles. The lowest BCUT2D eigenvalue weighted by atomic mass is 10.0. The van der Waals surface area contributed by atoms with Crippen molar-refractivity contribution in [2.45, 2.75) is 147 Å². The number of carboxylic acid groups (broad SMARTS) is 2. The zero-order valence-corrected chi connectivity index (χ0v) is 55.0. The maximum Gasteiger partial charge on any atom is 0.327 e. The van der Waals surface area contributed by atoms with Crippen LogP contribution in [0.1, 0.15) is 79.2 Å². The van der Waals surface area contributed by atoms with E-state index in [1.165, 1.54) is 31.2 Å². The Labute approximate surface area is 544 Å². The lowest BCUT2D eigenvalue weighted by molar-refractivity contribution is -0.141. The molecular formula is C54H82N14O18S5. The number of primary amides is 2. The number of rotatable bonds is 17. The van der Waals surface area contributed by atoms with Crippen LogP contribution in [0.2, 0.25) is 0 Å². The number of fused-ring (bicyclic) bond motifs is 12. The third kappa shape index (κ3) is 29.3. The van der Waals surface area contributed by atoms with Crippen LogP contribution in [0, 0.1) is 11.8 Å². The predicted octanol–water partition coefficient (Wildman–Crippen LogP) is -4.18. The summed E-state index contributed by atoms with van der Waals surface area (Å²) < 4.78 is 0. The first-order valence-corrected chi connectivity index (χ1v) is 34.9. The van der Waals surface area contributed by atoms with Crippen LogP contribution in [-0.2, 0) is 78.3 Å². The number of carbonyl (C=O) groups is 15. The van der Waals surface area contributed by atoms with Gasteiger partial charge >= 0.3 is 11.9 Å². The van der Waals surface area contributed by atoms with E-state index in [0.29, 0.717) is 5.56 Å². The molecule has 37 heteroatoms. The number of hydrogen-bond acceptors (Lipinski definition) is 22. The molecule has 2 heterocycles. The van der Waals surface area contributed by atoms with Gasteiger partial charge in [-0.3, -0.25) is 67.1 Å². The van der Waals surface area contributed by atoms with Gasteiger partial charge in [0.2, 0.25) is 76.8 Å². The van der Waals surface area contributed by atoms with Crippen molar-refractivity contribution >= 4 is 144 Å². The predicted molar refractivity (Wildman–Crippen MR) is 341 cm³/mol. The Hall–Kier alpha value is -7.22. The van der Waals surface area contributed by atoms with Crippen molar-refractivity contribution in [3.05, 3.63) is 29.8 Å². The van der Waals surface area contributed by atoms with Gasteiger partial charge in [-0.15, -0.1) is 0 Å². The van der Waals surface area contributed by atoms with Gasteiger partial charge in [0, 0.05) is 55.1 Å². The van der Waals surface area contributed by atoms with Gasteiger partial charge in [-0.25, -0.2) is 4.79 Å². The molecule has 32 nitrogen and oxygen atoms in total. The highest BCUT2D eigenvalue weighted by Gasteiger charge is 2.37. The molecule has 91 heavy (non-hydrogen) atoms. The number of aromatic hydroxyl groups is 1. The van der Waals surface area contributed by atoms with Gasteiger partial charge in [0.15, 0.2) is 0 Å². The van der Waals surface area contributed by atoms with Crippen LogP contribution in [0.3, 0.4) is 0 Å². The van der Waals surface area contributed by atoms with Crippen LogP contribution < -0.4 is 75.3 Å². The number of nitrogens with one attached hydrogen (secondary N) is 12. The molecule has 0 saturated carbocycles. The number of benzene rings is 1. The monoisotopic (exact) mass is 1370 g/mol. The third-order valence-corrected chi connectivity index (χ3v) is 19.2. The van der Waals surface area contributed by atoms with E-state index in [1.807, 2.05) is 0 Å². The minimum absolute atomic E-state index is 0.0227.